The van der Waals surface area contributed by atoms with Crippen LogP contribution in [0.15, 0.2) is 23.1 Å². The number of halogens is 4. The zero-order valence-electron chi connectivity index (χ0n) is 19.9. The highest BCUT2D eigenvalue weighted by molar-refractivity contribution is 5.94. The van der Waals surface area contributed by atoms with Gasteiger partial charge in [-0.1, -0.05) is 0 Å². The highest BCUT2D eigenvalue weighted by atomic mass is 19.4. The molecule has 4 heterocycles. The van der Waals surface area contributed by atoms with E-state index in [9.17, 15) is 27.2 Å². The Morgan fingerprint density at radius 2 is 1.89 bits per heavy atom. The number of anilines is 1. The molecule has 0 saturated carbocycles. The summed E-state index contributed by atoms with van der Waals surface area (Å²) in [5.74, 6) is -1.58. The molecule has 1 aliphatic rings. The molecule has 192 valence electrons. The second kappa shape index (κ2) is 9.45. The summed E-state index contributed by atoms with van der Waals surface area (Å²) >= 11 is 0. The van der Waals surface area contributed by atoms with Gasteiger partial charge in [0.25, 0.3) is 11.5 Å². The van der Waals surface area contributed by atoms with E-state index < -0.39 is 35.2 Å². The molecular formula is C23H24F4N6O3. The average Bonchev–Trinajstić information content (AvgIpc) is 2.77. The third kappa shape index (κ3) is 5.15. The maximum Gasteiger partial charge on any atom is 0.433 e. The summed E-state index contributed by atoms with van der Waals surface area (Å²) in [5.41, 5.74) is -2.63. The van der Waals surface area contributed by atoms with Crippen LogP contribution in [-0.2, 0) is 10.9 Å². The van der Waals surface area contributed by atoms with E-state index in [1.54, 1.807) is 0 Å². The average molecular weight is 508 g/mol. The van der Waals surface area contributed by atoms with Crippen LogP contribution in [0.3, 0.4) is 0 Å². The fourth-order valence-corrected chi connectivity index (χ4v) is 4.22. The van der Waals surface area contributed by atoms with Crippen molar-refractivity contribution in [2.24, 2.45) is 0 Å². The molecule has 9 nitrogen and oxygen atoms in total. The number of rotatable bonds is 4. The second-order valence-corrected chi connectivity index (χ2v) is 8.83. The molecule has 1 aliphatic heterocycles. The van der Waals surface area contributed by atoms with Gasteiger partial charge < -0.3 is 19.9 Å². The maximum atomic E-state index is 14.9. The Balaban J connectivity index is 1.63. The zero-order chi connectivity index (χ0) is 26.4. The lowest BCUT2D eigenvalue weighted by atomic mass is 10.0. The van der Waals surface area contributed by atoms with Crippen molar-refractivity contribution in [2.45, 2.75) is 52.1 Å². The maximum absolute atomic E-state index is 14.9. The van der Waals surface area contributed by atoms with Crippen LogP contribution >= 0.6 is 0 Å². The minimum atomic E-state index is -4.85. The Labute approximate surface area is 202 Å². The first-order valence-electron chi connectivity index (χ1n) is 11.2. The Morgan fingerprint density at radius 1 is 1.22 bits per heavy atom. The number of aromatic nitrogens is 4. The molecule has 3 aromatic heterocycles. The summed E-state index contributed by atoms with van der Waals surface area (Å²) in [4.78, 5) is 40.4. The van der Waals surface area contributed by atoms with Gasteiger partial charge in [0, 0.05) is 24.8 Å². The lowest BCUT2D eigenvalue weighted by Gasteiger charge is -2.35. The molecule has 36 heavy (non-hydrogen) atoms. The number of aryl methyl sites for hydroxylation is 1. The molecule has 1 saturated heterocycles. The van der Waals surface area contributed by atoms with E-state index in [0.29, 0.717) is 13.1 Å². The predicted molar refractivity (Wildman–Crippen MR) is 122 cm³/mol. The van der Waals surface area contributed by atoms with Crippen LogP contribution in [0, 0.1) is 12.7 Å². The molecule has 13 heteroatoms. The Kier molecular flexibility index (Phi) is 6.69. The number of carbonyl (C=O) groups excluding carboxylic acids is 1. The zero-order valence-corrected chi connectivity index (χ0v) is 19.9. The standard InChI is InChI=1S/C23H24F4N6O3/c1-10-8-33(9-11(2)36-10)22(35)14-5-17(24)20(28-7-14)29-12(3)15-6-16-19(30-13(4)31-21(16)34)32-18(15)23(25,26)27/h5-7,10-12H,8-9H2,1-4H3,(H,28,29)(H,30,31,32,34). The fourth-order valence-electron chi connectivity index (χ4n) is 4.22. The van der Waals surface area contributed by atoms with Crippen molar-refractivity contribution in [1.29, 1.82) is 0 Å². The van der Waals surface area contributed by atoms with Gasteiger partial charge in [-0.3, -0.25) is 9.59 Å². The third-order valence-corrected chi connectivity index (χ3v) is 5.73. The number of hydrogen-bond donors (Lipinski definition) is 2. The number of pyridine rings is 2. The molecule has 1 fully saturated rings. The van der Waals surface area contributed by atoms with E-state index in [4.69, 9.17) is 4.74 Å². The van der Waals surface area contributed by atoms with Gasteiger partial charge in [-0.25, -0.2) is 19.3 Å². The SMILES string of the molecule is Cc1nc2nc(C(F)(F)F)c(C(C)Nc3ncc(C(=O)N4CC(C)OC(C)C4)cc3F)cc2c(=O)[nH]1. The van der Waals surface area contributed by atoms with Crippen molar-refractivity contribution in [3.8, 4) is 0 Å². The minimum Gasteiger partial charge on any atom is -0.372 e. The first-order valence-corrected chi connectivity index (χ1v) is 11.2. The third-order valence-electron chi connectivity index (χ3n) is 5.73. The Bertz CT molecular complexity index is 1370. The monoisotopic (exact) mass is 508 g/mol. The highest BCUT2D eigenvalue weighted by Crippen LogP contribution is 2.35. The number of hydrogen-bond acceptors (Lipinski definition) is 7. The molecular weight excluding hydrogens is 484 g/mol. The molecule has 0 radical (unpaired) electrons. The van der Waals surface area contributed by atoms with Gasteiger partial charge in [0.2, 0.25) is 0 Å². The largest absolute Gasteiger partial charge is 0.433 e. The molecule has 3 atom stereocenters. The van der Waals surface area contributed by atoms with Gasteiger partial charge in [0.05, 0.1) is 29.2 Å². The lowest BCUT2D eigenvalue weighted by Crippen LogP contribution is -2.48. The van der Waals surface area contributed by atoms with Crippen LogP contribution in [0.5, 0.6) is 0 Å². The van der Waals surface area contributed by atoms with Gasteiger partial charge in [0.15, 0.2) is 23.0 Å². The number of carbonyl (C=O) groups is 1. The fraction of sp³-hybridized carbons (Fsp3) is 0.435. The van der Waals surface area contributed by atoms with E-state index in [-0.39, 0.29) is 46.0 Å². The molecule has 3 aromatic rings. The van der Waals surface area contributed by atoms with Gasteiger partial charge in [-0.05, 0) is 39.8 Å². The van der Waals surface area contributed by atoms with Crippen molar-refractivity contribution in [1.82, 2.24) is 24.8 Å². The number of alkyl halides is 3. The highest BCUT2D eigenvalue weighted by Gasteiger charge is 2.38. The number of H-pyrrole nitrogens is 1. The number of amides is 1. The second-order valence-electron chi connectivity index (χ2n) is 8.83. The molecule has 0 bridgehead atoms. The molecule has 4 rings (SSSR count). The Morgan fingerprint density at radius 3 is 2.50 bits per heavy atom. The minimum absolute atomic E-state index is 0.00309. The topological polar surface area (TPSA) is 113 Å². The Hall–Kier alpha value is -3.61. The summed E-state index contributed by atoms with van der Waals surface area (Å²) < 4.78 is 61.8. The molecule has 1 amide bonds. The summed E-state index contributed by atoms with van der Waals surface area (Å²) in [6.45, 7) is 7.10. The molecule has 2 N–H and O–H groups in total. The number of aromatic amines is 1. The lowest BCUT2D eigenvalue weighted by molar-refractivity contribution is -0.141. The van der Waals surface area contributed by atoms with E-state index in [1.165, 1.54) is 18.7 Å². The quantitative estimate of drug-likeness (QED) is 0.518. The van der Waals surface area contributed by atoms with Gasteiger partial charge in [-0.2, -0.15) is 13.2 Å². The summed E-state index contributed by atoms with van der Waals surface area (Å²) in [7, 11) is 0. The predicted octanol–water partition coefficient (Wildman–Crippen LogP) is 3.60. The van der Waals surface area contributed by atoms with Crippen LogP contribution in [0.1, 0.15) is 54.3 Å². The summed E-state index contributed by atoms with van der Waals surface area (Å²) in [5, 5.41) is 2.45. The van der Waals surface area contributed by atoms with Crippen LogP contribution in [0.25, 0.3) is 11.0 Å². The van der Waals surface area contributed by atoms with Crippen molar-refractivity contribution in [3.05, 3.63) is 57.1 Å². The molecule has 0 spiro atoms. The number of nitrogens with zero attached hydrogens (tertiary/aromatic N) is 4. The molecule has 0 aliphatic carbocycles. The van der Waals surface area contributed by atoms with E-state index in [1.807, 2.05) is 13.8 Å². The number of nitrogens with one attached hydrogen (secondary N) is 2. The van der Waals surface area contributed by atoms with Gasteiger partial charge in [0.1, 0.15) is 5.82 Å². The van der Waals surface area contributed by atoms with Crippen molar-refractivity contribution in [2.75, 3.05) is 18.4 Å². The molecule has 3 unspecified atom stereocenters. The van der Waals surface area contributed by atoms with E-state index in [2.05, 4.69) is 25.3 Å². The smallest absolute Gasteiger partial charge is 0.372 e. The first kappa shape index (κ1) is 25.5. The van der Waals surface area contributed by atoms with E-state index >= 15 is 0 Å². The number of fused-ring (bicyclic) bond motifs is 1. The van der Waals surface area contributed by atoms with Crippen molar-refractivity contribution >= 4 is 22.8 Å². The first-order chi connectivity index (χ1) is 16.8. The van der Waals surface area contributed by atoms with E-state index in [0.717, 1.165) is 18.3 Å². The van der Waals surface area contributed by atoms with Gasteiger partial charge in [-0.15, -0.1) is 0 Å². The van der Waals surface area contributed by atoms with Gasteiger partial charge >= 0.3 is 6.18 Å². The molecule has 0 aromatic carbocycles. The summed E-state index contributed by atoms with van der Waals surface area (Å²) in [6.07, 6.45) is -4.05. The van der Waals surface area contributed by atoms with Crippen LogP contribution in [-0.4, -0.2) is 56.0 Å². The normalized spacial score (nSPS) is 19.4. The van der Waals surface area contributed by atoms with Crippen LogP contribution < -0.4 is 10.9 Å². The summed E-state index contributed by atoms with van der Waals surface area (Å²) in [6, 6.07) is 0.865. The number of morpholine rings is 1. The van der Waals surface area contributed by atoms with Crippen LogP contribution in [0.2, 0.25) is 0 Å². The van der Waals surface area contributed by atoms with Crippen LogP contribution in [0.4, 0.5) is 23.4 Å². The van der Waals surface area contributed by atoms with Crippen molar-refractivity contribution in [3.63, 3.8) is 0 Å². The van der Waals surface area contributed by atoms with Crippen molar-refractivity contribution < 1.29 is 27.1 Å². The number of ether oxygens (including phenoxy) is 1.